The summed E-state index contributed by atoms with van der Waals surface area (Å²) in [7, 11) is 1.77. The van der Waals surface area contributed by atoms with E-state index in [2.05, 4.69) is 15.3 Å². The molecule has 1 atom stereocenters. The van der Waals surface area contributed by atoms with E-state index >= 15 is 0 Å². The first-order chi connectivity index (χ1) is 10.6. The first kappa shape index (κ1) is 14.0. The van der Waals surface area contributed by atoms with Gasteiger partial charge in [0.25, 0.3) is 5.56 Å². The maximum atomic E-state index is 12.5. The van der Waals surface area contributed by atoms with E-state index in [1.807, 2.05) is 6.07 Å². The van der Waals surface area contributed by atoms with Crippen LogP contribution in [0.3, 0.4) is 0 Å². The number of aromatic nitrogens is 4. The first-order valence-corrected chi connectivity index (χ1v) is 6.82. The number of hydrogen-bond acceptors (Lipinski definition) is 4. The standard InChI is InChI=1S/C15H15N5O2/c1-10(13(21)18-15-16-7-8-19(15)2)20-9-17-12-6-4-3-5-11(12)14(20)22/h3-10H,1-2H3,(H,16,18,21). The number of carbonyl (C=O) groups is 1. The first-order valence-electron chi connectivity index (χ1n) is 6.82. The maximum Gasteiger partial charge on any atom is 0.261 e. The Kier molecular flexibility index (Phi) is 3.46. The fourth-order valence-electron chi connectivity index (χ4n) is 2.19. The molecule has 3 aromatic rings. The fourth-order valence-corrected chi connectivity index (χ4v) is 2.19. The second-order valence-corrected chi connectivity index (χ2v) is 5.00. The Balaban J connectivity index is 1.93. The molecule has 0 aliphatic carbocycles. The van der Waals surface area contributed by atoms with Crippen molar-refractivity contribution < 1.29 is 4.79 Å². The van der Waals surface area contributed by atoms with E-state index < -0.39 is 6.04 Å². The molecule has 2 heterocycles. The van der Waals surface area contributed by atoms with Crippen LogP contribution in [-0.4, -0.2) is 25.0 Å². The van der Waals surface area contributed by atoms with Crippen LogP contribution in [0.1, 0.15) is 13.0 Å². The average molecular weight is 297 g/mol. The lowest BCUT2D eigenvalue weighted by Gasteiger charge is -2.15. The SMILES string of the molecule is CC(C(=O)Nc1nccn1C)n1cnc2ccccc2c1=O. The van der Waals surface area contributed by atoms with Gasteiger partial charge < -0.3 is 4.57 Å². The topological polar surface area (TPSA) is 81.8 Å². The zero-order valence-corrected chi connectivity index (χ0v) is 12.2. The number of anilines is 1. The van der Waals surface area contributed by atoms with Crippen molar-refractivity contribution in [2.45, 2.75) is 13.0 Å². The van der Waals surface area contributed by atoms with Crippen LogP contribution in [0.5, 0.6) is 0 Å². The number of fused-ring (bicyclic) bond motifs is 1. The summed E-state index contributed by atoms with van der Waals surface area (Å²) in [6.07, 6.45) is 4.71. The number of amides is 1. The lowest BCUT2D eigenvalue weighted by molar-refractivity contribution is -0.118. The quantitative estimate of drug-likeness (QED) is 0.790. The highest BCUT2D eigenvalue weighted by Crippen LogP contribution is 2.10. The summed E-state index contributed by atoms with van der Waals surface area (Å²) in [6, 6.07) is 6.36. The van der Waals surface area contributed by atoms with E-state index in [1.54, 1.807) is 49.1 Å². The van der Waals surface area contributed by atoms with E-state index in [4.69, 9.17) is 0 Å². The molecule has 0 saturated heterocycles. The van der Waals surface area contributed by atoms with Gasteiger partial charge in [-0.25, -0.2) is 9.97 Å². The molecule has 1 amide bonds. The van der Waals surface area contributed by atoms with Crippen molar-refractivity contribution in [2.75, 3.05) is 5.32 Å². The number of nitrogens with zero attached hydrogens (tertiary/aromatic N) is 4. The molecular formula is C15H15N5O2. The Bertz CT molecular complexity index is 896. The van der Waals surface area contributed by atoms with Crippen molar-refractivity contribution in [2.24, 2.45) is 7.05 Å². The van der Waals surface area contributed by atoms with Gasteiger partial charge in [0.2, 0.25) is 11.9 Å². The number of nitrogens with one attached hydrogen (secondary N) is 1. The third-order valence-corrected chi connectivity index (χ3v) is 3.54. The molecule has 0 radical (unpaired) electrons. The summed E-state index contributed by atoms with van der Waals surface area (Å²) in [5.41, 5.74) is 0.369. The summed E-state index contributed by atoms with van der Waals surface area (Å²) in [5.74, 6) is 0.104. The summed E-state index contributed by atoms with van der Waals surface area (Å²) in [4.78, 5) is 33.0. The normalized spacial score (nSPS) is 12.3. The number of carbonyl (C=O) groups excluding carboxylic acids is 1. The molecule has 1 aromatic carbocycles. The Morgan fingerprint density at radius 1 is 1.27 bits per heavy atom. The molecule has 112 valence electrons. The predicted octanol–water partition coefficient (Wildman–Crippen LogP) is 1.33. The molecule has 0 aliphatic rings. The average Bonchev–Trinajstić information content (AvgIpc) is 2.92. The molecule has 2 aromatic heterocycles. The van der Waals surface area contributed by atoms with Gasteiger partial charge >= 0.3 is 0 Å². The lowest BCUT2D eigenvalue weighted by atomic mass is 10.2. The molecule has 1 unspecified atom stereocenters. The largest absolute Gasteiger partial charge is 0.320 e. The van der Waals surface area contributed by atoms with Crippen molar-refractivity contribution in [3.05, 3.63) is 53.3 Å². The molecule has 1 N–H and O–H groups in total. The van der Waals surface area contributed by atoms with Crippen molar-refractivity contribution in [1.29, 1.82) is 0 Å². The molecular weight excluding hydrogens is 282 g/mol. The predicted molar refractivity (Wildman–Crippen MR) is 82.6 cm³/mol. The minimum absolute atomic E-state index is 0.243. The zero-order chi connectivity index (χ0) is 15.7. The smallest absolute Gasteiger partial charge is 0.261 e. The van der Waals surface area contributed by atoms with Crippen LogP contribution in [-0.2, 0) is 11.8 Å². The third kappa shape index (κ3) is 2.37. The van der Waals surface area contributed by atoms with Crippen LogP contribution >= 0.6 is 0 Å². The molecule has 7 nitrogen and oxygen atoms in total. The van der Waals surface area contributed by atoms with Crippen molar-refractivity contribution in [3.8, 4) is 0 Å². The number of para-hydroxylation sites is 1. The monoisotopic (exact) mass is 297 g/mol. The van der Waals surface area contributed by atoms with Crippen molar-refractivity contribution in [3.63, 3.8) is 0 Å². The third-order valence-electron chi connectivity index (χ3n) is 3.54. The van der Waals surface area contributed by atoms with Crippen LogP contribution < -0.4 is 10.9 Å². The highest BCUT2D eigenvalue weighted by molar-refractivity contribution is 5.92. The Morgan fingerprint density at radius 2 is 2.05 bits per heavy atom. The van der Waals surface area contributed by atoms with E-state index in [0.29, 0.717) is 16.9 Å². The summed E-state index contributed by atoms with van der Waals surface area (Å²) in [5, 5.41) is 3.18. The van der Waals surface area contributed by atoms with Gasteiger partial charge in [-0.3, -0.25) is 19.5 Å². The van der Waals surface area contributed by atoms with E-state index in [1.165, 1.54) is 10.9 Å². The van der Waals surface area contributed by atoms with Crippen LogP contribution in [0.4, 0.5) is 5.95 Å². The Labute approximate surface area is 126 Å². The molecule has 0 spiro atoms. The highest BCUT2D eigenvalue weighted by atomic mass is 16.2. The Morgan fingerprint density at radius 3 is 2.77 bits per heavy atom. The molecule has 22 heavy (non-hydrogen) atoms. The second-order valence-electron chi connectivity index (χ2n) is 5.00. The van der Waals surface area contributed by atoms with Gasteiger partial charge in [-0.15, -0.1) is 0 Å². The second kappa shape index (κ2) is 5.44. The van der Waals surface area contributed by atoms with Gasteiger partial charge in [0.15, 0.2) is 0 Å². The molecule has 0 bridgehead atoms. The number of imidazole rings is 1. The van der Waals surface area contributed by atoms with Crippen molar-refractivity contribution >= 4 is 22.8 Å². The van der Waals surface area contributed by atoms with Gasteiger partial charge in [-0.05, 0) is 19.1 Å². The van der Waals surface area contributed by atoms with Gasteiger partial charge in [0.05, 0.1) is 17.2 Å². The molecule has 3 rings (SSSR count). The van der Waals surface area contributed by atoms with Crippen LogP contribution in [0.25, 0.3) is 10.9 Å². The van der Waals surface area contributed by atoms with Crippen LogP contribution in [0.15, 0.2) is 47.8 Å². The Hall–Kier alpha value is -2.96. The molecule has 0 aliphatic heterocycles. The minimum atomic E-state index is -0.693. The van der Waals surface area contributed by atoms with Crippen LogP contribution in [0.2, 0.25) is 0 Å². The van der Waals surface area contributed by atoms with E-state index in [9.17, 15) is 9.59 Å². The van der Waals surface area contributed by atoms with Gasteiger partial charge in [-0.1, -0.05) is 12.1 Å². The highest BCUT2D eigenvalue weighted by Gasteiger charge is 2.18. The van der Waals surface area contributed by atoms with Gasteiger partial charge in [0.1, 0.15) is 6.04 Å². The molecule has 0 saturated carbocycles. The summed E-state index contributed by atoms with van der Waals surface area (Å²) in [6.45, 7) is 1.65. The van der Waals surface area contributed by atoms with E-state index in [0.717, 1.165) is 0 Å². The van der Waals surface area contributed by atoms with Gasteiger partial charge in [-0.2, -0.15) is 0 Å². The summed E-state index contributed by atoms with van der Waals surface area (Å²) < 4.78 is 3.01. The summed E-state index contributed by atoms with van der Waals surface area (Å²) >= 11 is 0. The zero-order valence-electron chi connectivity index (χ0n) is 12.2. The number of hydrogen-bond donors (Lipinski definition) is 1. The number of rotatable bonds is 3. The van der Waals surface area contributed by atoms with Crippen LogP contribution in [0, 0.1) is 0 Å². The minimum Gasteiger partial charge on any atom is -0.320 e. The molecule has 7 heteroatoms. The number of aryl methyl sites for hydroxylation is 1. The molecule has 0 fully saturated rings. The fraction of sp³-hybridized carbons (Fsp3) is 0.200. The van der Waals surface area contributed by atoms with Crippen molar-refractivity contribution in [1.82, 2.24) is 19.1 Å². The maximum absolute atomic E-state index is 12.5. The van der Waals surface area contributed by atoms with Gasteiger partial charge in [0, 0.05) is 19.4 Å². The number of benzene rings is 1. The lowest BCUT2D eigenvalue weighted by Crippen LogP contribution is -2.32. The van der Waals surface area contributed by atoms with E-state index in [-0.39, 0.29) is 11.5 Å².